The van der Waals surface area contributed by atoms with Gasteiger partial charge in [-0.2, -0.15) is 0 Å². The van der Waals surface area contributed by atoms with E-state index < -0.39 is 0 Å². The third-order valence-corrected chi connectivity index (χ3v) is 5.53. The summed E-state index contributed by atoms with van der Waals surface area (Å²) in [6, 6.07) is 19.5. The van der Waals surface area contributed by atoms with Gasteiger partial charge >= 0.3 is 0 Å². The van der Waals surface area contributed by atoms with Gasteiger partial charge in [-0.25, -0.2) is 4.98 Å². The fourth-order valence-corrected chi connectivity index (χ4v) is 3.71. The Morgan fingerprint density at radius 2 is 1.88 bits per heavy atom. The van der Waals surface area contributed by atoms with Crippen molar-refractivity contribution in [2.45, 2.75) is 33.3 Å². The second kappa shape index (κ2) is 10.7. The number of thiazole rings is 1. The number of furan rings is 1. The summed E-state index contributed by atoms with van der Waals surface area (Å²) in [5.41, 5.74) is 3.61. The molecular weight excluding hydrogens is 424 g/mol. The number of rotatable bonds is 10. The summed E-state index contributed by atoms with van der Waals surface area (Å²) in [6.07, 6.45) is 1.63. The topological polar surface area (TPSA) is 73.6 Å². The second-order valence-electron chi connectivity index (χ2n) is 7.30. The highest BCUT2D eigenvalue weighted by Crippen LogP contribution is 2.16. The maximum absolute atomic E-state index is 12.5. The van der Waals surface area contributed by atoms with Gasteiger partial charge < -0.3 is 19.2 Å². The molecule has 1 amide bonds. The summed E-state index contributed by atoms with van der Waals surface area (Å²) in [6.45, 7) is 3.67. The first-order valence-electron chi connectivity index (χ1n) is 10.3. The molecule has 0 fully saturated rings. The van der Waals surface area contributed by atoms with E-state index in [1.54, 1.807) is 11.6 Å². The number of ether oxygens (including phenoxy) is 2. The van der Waals surface area contributed by atoms with E-state index in [4.69, 9.17) is 13.9 Å². The Morgan fingerprint density at radius 1 is 1.03 bits per heavy atom. The van der Waals surface area contributed by atoms with Crippen LogP contribution in [0.2, 0.25) is 0 Å². The number of amides is 1. The maximum atomic E-state index is 12.5. The van der Waals surface area contributed by atoms with Crippen molar-refractivity contribution in [3.63, 3.8) is 0 Å². The van der Waals surface area contributed by atoms with Gasteiger partial charge in [0.05, 0.1) is 12.9 Å². The molecule has 2 aromatic heterocycles. The SMILES string of the molecule is Cc1ccc(OCc2nc(C(=O)NCc3cccc(COCc4ccco4)c3)cs2)cc1. The number of hydrogen-bond donors (Lipinski definition) is 1. The normalized spacial score (nSPS) is 10.8. The lowest BCUT2D eigenvalue weighted by Crippen LogP contribution is -2.23. The first-order valence-corrected chi connectivity index (χ1v) is 11.1. The number of aryl methyl sites for hydroxylation is 1. The lowest BCUT2D eigenvalue weighted by molar-refractivity contribution is 0.0928. The van der Waals surface area contributed by atoms with E-state index in [0.717, 1.165) is 27.6 Å². The highest BCUT2D eigenvalue weighted by Gasteiger charge is 2.11. The first kappa shape index (κ1) is 21.8. The predicted molar refractivity (Wildman–Crippen MR) is 122 cm³/mol. The van der Waals surface area contributed by atoms with Crippen LogP contribution in [0.4, 0.5) is 0 Å². The third kappa shape index (κ3) is 6.29. The number of benzene rings is 2. The summed E-state index contributed by atoms with van der Waals surface area (Å²) in [4.78, 5) is 16.9. The van der Waals surface area contributed by atoms with Crippen LogP contribution in [0.1, 0.15) is 37.9 Å². The van der Waals surface area contributed by atoms with Crippen molar-refractivity contribution < 1.29 is 18.7 Å². The highest BCUT2D eigenvalue weighted by molar-refractivity contribution is 7.09. The zero-order valence-electron chi connectivity index (χ0n) is 17.7. The average Bonchev–Trinajstić information content (AvgIpc) is 3.50. The molecule has 0 aliphatic heterocycles. The molecule has 7 heteroatoms. The molecule has 0 aliphatic carbocycles. The average molecular weight is 449 g/mol. The molecule has 4 aromatic rings. The van der Waals surface area contributed by atoms with Crippen LogP contribution in [-0.4, -0.2) is 10.9 Å². The summed E-state index contributed by atoms with van der Waals surface area (Å²) in [7, 11) is 0. The Bertz CT molecular complexity index is 1140. The molecule has 164 valence electrons. The third-order valence-electron chi connectivity index (χ3n) is 4.71. The monoisotopic (exact) mass is 448 g/mol. The molecule has 2 heterocycles. The van der Waals surface area contributed by atoms with Crippen molar-refractivity contribution >= 4 is 17.2 Å². The van der Waals surface area contributed by atoms with E-state index in [9.17, 15) is 4.79 Å². The van der Waals surface area contributed by atoms with Gasteiger partial charge in [0.25, 0.3) is 5.91 Å². The van der Waals surface area contributed by atoms with E-state index >= 15 is 0 Å². The molecular formula is C25H24N2O4S. The van der Waals surface area contributed by atoms with Gasteiger partial charge in [0.15, 0.2) is 0 Å². The molecule has 2 aromatic carbocycles. The summed E-state index contributed by atoms with van der Waals surface area (Å²) < 4.78 is 16.7. The van der Waals surface area contributed by atoms with Crippen LogP contribution in [-0.2, 0) is 31.1 Å². The number of carbonyl (C=O) groups excluding carboxylic acids is 1. The van der Waals surface area contributed by atoms with Crippen molar-refractivity contribution in [1.29, 1.82) is 0 Å². The van der Waals surface area contributed by atoms with Crippen LogP contribution in [0.25, 0.3) is 0 Å². The Hall–Kier alpha value is -3.42. The lowest BCUT2D eigenvalue weighted by Gasteiger charge is -2.07. The van der Waals surface area contributed by atoms with Crippen LogP contribution >= 0.6 is 11.3 Å². The highest BCUT2D eigenvalue weighted by atomic mass is 32.1. The van der Waals surface area contributed by atoms with E-state index in [1.165, 1.54) is 16.9 Å². The Balaban J connectivity index is 1.24. The molecule has 1 N–H and O–H groups in total. The van der Waals surface area contributed by atoms with Gasteiger partial charge in [-0.1, -0.05) is 42.0 Å². The van der Waals surface area contributed by atoms with Gasteiger partial charge in [-0.05, 0) is 42.3 Å². The van der Waals surface area contributed by atoms with Crippen LogP contribution in [0.5, 0.6) is 5.75 Å². The molecule has 6 nitrogen and oxygen atoms in total. The van der Waals surface area contributed by atoms with Crippen molar-refractivity contribution in [3.8, 4) is 5.75 Å². The molecule has 0 unspecified atom stereocenters. The van der Waals surface area contributed by atoms with Gasteiger partial charge in [-0.3, -0.25) is 4.79 Å². The van der Waals surface area contributed by atoms with Gasteiger partial charge in [-0.15, -0.1) is 11.3 Å². The van der Waals surface area contributed by atoms with Crippen molar-refractivity contribution in [2.24, 2.45) is 0 Å². The molecule has 0 spiro atoms. The van der Waals surface area contributed by atoms with Gasteiger partial charge in [0, 0.05) is 11.9 Å². The Morgan fingerprint density at radius 3 is 2.69 bits per heavy atom. The van der Waals surface area contributed by atoms with E-state index in [1.807, 2.05) is 67.6 Å². The number of nitrogens with zero attached hydrogens (tertiary/aromatic N) is 1. The van der Waals surface area contributed by atoms with Crippen molar-refractivity contribution in [3.05, 3.63) is 105 Å². The van der Waals surface area contributed by atoms with Gasteiger partial charge in [0.1, 0.15) is 35.4 Å². The molecule has 0 aliphatic rings. The zero-order chi connectivity index (χ0) is 22.2. The van der Waals surface area contributed by atoms with Crippen molar-refractivity contribution in [2.75, 3.05) is 0 Å². The fourth-order valence-electron chi connectivity index (χ4n) is 3.03. The number of hydrogen-bond acceptors (Lipinski definition) is 6. The van der Waals surface area contributed by atoms with E-state index in [-0.39, 0.29) is 5.91 Å². The number of carbonyl (C=O) groups is 1. The summed E-state index contributed by atoms with van der Waals surface area (Å²) in [5.74, 6) is 1.37. The number of aromatic nitrogens is 1. The fraction of sp³-hybridized carbons (Fsp3) is 0.200. The predicted octanol–water partition coefficient (Wildman–Crippen LogP) is 5.27. The molecule has 0 saturated carbocycles. The molecule has 32 heavy (non-hydrogen) atoms. The van der Waals surface area contributed by atoms with Crippen LogP contribution in [0, 0.1) is 6.92 Å². The molecule has 0 saturated heterocycles. The van der Waals surface area contributed by atoms with Crippen LogP contribution in [0.15, 0.2) is 76.7 Å². The first-order chi connectivity index (χ1) is 15.7. The maximum Gasteiger partial charge on any atom is 0.271 e. The van der Waals surface area contributed by atoms with Crippen LogP contribution < -0.4 is 10.1 Å². The van der Waals surface area contributed by atoms with Crippen molar-refractivity contribution in [1.82, 2.24) is 10.3 Å². The van der Waals surface area contributed by atoms with E-state index in [2.05, 4.69) is 10.3 Å². The Labute approximate surface area is 190 Å². The van der Waals surface area contributed by atoms with Crippen LogP contribution in [0.3, 0.4) is 0 Å². The molecule has 0 atom stereocenters. The quantitative estimate of drug-likeness (QED) is 0.358. The summed E-state index contributed by atoms with van der Waals surface area (Å²) in [5, 5.41) is 5.43. The summed E-state index contributed by atoms with van der Waals surface area (Å²) >= 11 is 1.41. The number of nitrogens with one attached hydrogen (secondary N) is 1. The molecule has 4 rings (SSSR count). The zero-order valence-corrected chi connectivity index (χ0v) is 18.6. The Kier molecular flexibility index (Phi) is 7.32. The minimum absolute atomic E-state index is 0.206. The lowest BCUT2D eigenvalue weighted by atomic mass is 10.1. The second-order valence-corrected chi connectivity index (χ2v) is 8.25. The molecule has 0 radical (unpaired) electrons. The largest absolute Gasteiger partial charge is 0.486 e. The van der Waals surface area contributed by atoms with Gasteiger partial charge in [0.2, 0.25) is 0 Å². The van der Waals surface area contributed by atoms with E-state index in [0.29, 0.717) is 32.1 Å². The minimum Gasteiger partial charge on any atom is -0.486 e. The smallest absolute Gasteiger partial charge is 0.271 e. The molecule has 0 bridgehead atoms. The standard InChI is InChI=1S/C25H24N2O4S/c1-18-7-9-21(10-8-18)31-16-24-27-23(17-32-24)25(28)26-13-19-4-2-5-20(12-19)14-29-15-22-6-3-11-30-22/h2-12,17H,13-16H2,1H3,(H,26,28). The minimum atomic E-state index is -0.206.